The number of aryl methyl sites for hydroxylation is 1. The number of Topliss-reactive ketones (excluding diaryl/α,β-unsaturated/α-hetero) is 2. The summed E-state index contributed by atoms with van der Waals surface area (Å²) in [6.07, 6.45) is 1.88. The number of hydrogen-bond donors (Lipinski definition) is 2. The molecule has 2 heterocycles. The van der Waals surface area contributed by atoms with Gasteiger partial charge in [0.2, 0.25) is 11.4 Å². The molecule has 6 rings (SSSR count). The summed E-state index contributed by atoms with van der Waals surface area (Å²) >= 11 is 0. The van der Waals surface area contributed by atoms with Gasteiger partial charge < -0.3 is 15.0 Å². The van der Waals surface area contributed by atoms with Gasteiger partial charge in [-0.15, -0.1) is 0 Å². The van der Waals surface area contributed by atoms with Crippen molar-refractivity contribution in [2.24, 2.45) is 5.92 Å². The van der Waals surface area contributed by atoms with E-state index in [4.69, 9.17) is 4.74 Å². The molecule has 2 aromatic rings. The first-order chi connectivity index (χ1) is 17.0. The quantitative estimate of drug-likeness (QED) is 0.702. The second kappa shape index (κ2) is 8.59. The molecular weight excluding hydrogens is 440 g/mol. The van der Waals surface area contributed by atoms with E-state index >= 15 is 0 Å². The Balaban J connectivity index is 1.38. The number of carbonyl (C=O) groups is 2. The Morgan fingerprint density at radius 2 is 1.83 bits per heavy atom. The van der Waals surface area contributed by atoms with Crippen molar-refractivity contribution in [1.82, 2.24) is 15.1 Å². The molecule has 7 heteroatoms. The van der Waals surface area contributed by atoms with Gasteiger partial charge in [-0.1, -0.05) is 30.3 Å². The fourth-order valence-electron chi connectivity index (χ4n) is 5.31. The Morgan fingerprint density at radius 3 is 2.63 bits per heavy atom. The maximum absolute atomic E-state index is 13.7. The molecule has 0 radical (unpaired) electrons. The highest BCUT2D eigenvalue weighted by molar-refractivity contribution is 6.32. The summed E-state index contributed by atoms with van der Waals surface area (Å²) in [5.41, 5.74) is 4.62. The predicted octanol–water partition coefficient (Wildman–Crippen LogP) is 1.22. The summed E-state index contributed by atoms with van der Waals surface area (Å²) in [4.78, 5) is 35.6. The Hall–Kier alpha value is -3.55. The first-order valence-corrected chi connectivity index (χ1v) is 12.2. The average Bonchev–Trinajstić information content (AvgIpc) is 2.86. The number of ether oxygens (including phenoxy) is 1. The van der Waals surface area contributed by atoms with Crippen LogP contribution in [0.3, 0.4) is 0 Å². The highest BCUT2D eigenvalue weighted by atomic mass is 16.5. The molecule has 1 saturated heterocycles. The molecule has 2 aliphatic carbocycles. The van der Waals surface area contributed by atoms with E-state index in [1.807, 2.05) is 37.3 Å². The molecule has 0 bridgehead atoms. The molecule has 2 aliphatic heterocycles. The van der Waals surface area contributed by atoms with Crippen LogP contribution in [0.25, 0.3) is 0 Å². The monoisotopic (exact) mass is 469 g/mol. The Morgan fingerprint density at radius 1 is 1.06 bits per heavy atom. The van der Waals surface area contributed by atoms with Gasteiger partial charge in [0.15, 0.2) is 23.1 Å². The summed E-state index contributed by atoms with van der Waals surface area (Å²) < 4.78 is 6.28. The van der Waals surface area contributed by atoms with E-state index in [0.29, 0.717) is 40.4 Å². The summed E-state index contributed by atoms with van der Waals surface area (Å²) in [5, 5.41) is 3.48. The van der Waals surface area contributed by atoms with Gasteiger partial charge in [-0.3, -0.25) is 14.5 Å². The third-order valence-corrected chi connectivity index (χ3v) is 7.32. The molecule has 4 aliphatic rings. The van der Waals surface area contributed by atoms with E-state index < -0.39 is 5.92 Å². The molecule has 1 atom stereocenters. The highest BCUT2D eigenvalue weighted by Crippen LogP contribution is 2.38. The van der Waals surface area contributed by atoms with Crippen LogP contribution in [-0.4, -0.2) is 73.4 Å². The Kier molecular flexibility index (Phi) is 5.39. The lowest BCUT2D eigenvalue weighted by Gasteiger charge is -2.33. The van der Waals surface area contributed by atoms with Crippen molar-refractivity contribution in [3.63, 3.8) is 0 Å². The first kappa shape index (κ1) is 21.9. The molecule has 7 nitrogen and oxygen atoms in total. The van der Waals surface area contributed by atoms with Gasteiger partial charge in [0.1, 0.15) is 5.92 Å². The standard InChI is InChI=1S/C28H28N4O3/c1-17-7-8-20-22(15-17)35-23-16-21(29-9-10-32-13-11-31(2)12-14-32)24-25(26(23)30-20)28(34)19-6-4-3-5-18(19)27(24)33/h3-8,15-16,25,29H,9-14H2,1-2H3/p+1. The zero-order valence-corrected chi connectivity index (χ0v) is 20.1. The highest BCUT2D eigenvalue weighted by Gasteiger charge is 2.49. The number of piperazine rings is 1. The Labute approximate surface area is 204 Å². The number of likely N-dealkylation sites (N-methyl/N-ethyl adjacent to an activating group) is 1. The molecule has 1 fully saturated rings. The average molecular weight is 470 g/mol. The molecule has 2 aromatic carbocycles. The number of nitrogens with zero attached hydrogens (tertiary/aromatic N) is 2. The number of rotatable bonds is 4. The van der Waals surface area contributed by atoms with Crippen LogP contribution < -0.4 is 15.0 Å². The van der Waals surface area contributed by atoms with Gasteiger partial charge in [-0.2, -0.15) is 0 Å². The third-order valence-electron chi connectivity index (χ3n) is 7.32. The molecule has 2 N–H and O–H groups in total. The molecular formula is C28H29N4O3+. The van der Waals surface area contributed by atoms with E-state index in [0.717, 1.165) is 49.7 Å². The largest absolute Gasteiger partial charge is 0.444 e. The van der Waals surface area contributed by atoms with Crippen molar-refractivity contribution >= 4 is 23.0 Å². The minimum absolute atomic E-state index is 0.0826. The van der Waals surface area contributed by atoms with Gasteiger partial charge in [0.25, 0.3) is 0 Å². The Bertz CT molecular complexity index is 1330. The van der Waals surface area contributed by atoms with E-state index in [2.05, 4.69) is 27.2 Å². The SMILES string of the molecule is Cc1ccc2c(c1)OC1=CC(NCCN3CCN(C)CC3)=C3C(=O)c4ccccc4C(=O)C3C1=[NH+]2. The van der Waals surface area contributed by atoms with Crippen molar-refractivity contribution < 1.29 is 19.3 Å². The lowest BCUT2D eigenvalue weighted by atomic mass is 9.72. The maximum atomic E-state index is 13.7. The topological polar surface area (TPSA) is 75.9 Å². The molecule has 1 unspecified atom stereocenters. The minimum Gasteiger partial charge on any atom is -0.444 e. The van der Waals surface area contributed by atoms with Crippen LogP contribution in [0.2, 0.25) is 0 Å². The number of fused-ring (bicyclic) bond motifs is 5. The fourth-order valence-corrected chi connectivity index (χ4v) is 5.31. The first-order valence-electron chi connectivity index (χ1n) is 12.2. The lowest BCUT2D eigenvalue weighted by molar-refractivity contribution is -0.361. The molecule has 0 aromatic heterocycles. The van der Waals surface area contributed by atoms with Crippen LogP contribution in [0.1, 0.15) is 26.3 Å². The van der Waals surface area contributed by atoms with Crippen LogP contribution >= 0.6 is 0 Å². The number of nitrogens with one attached hydrogen (secondary N) is 2. The molecule has 178 valence electrons. The number of allylic oxidation sites excluding steroid dienone is 3. The van der Waals surface area contributed by atoms with Crippen LogP contribution in [0.5, 0.6) is 5.75 Å². The third kappa shape index (κ3) is 3.81. The fraction of sp³-hybridized carbons (Fsp3) is 0.321. The van der Waals surface area contributed by atoms with Gasteiger partial charge in [0.05, 0.1) is 0 Å². The van der Waals surface area contributed by atoms with E-state index in [-0.39, 0.29) is 11.6 Å². The minimum atomic E-state index is -0.724. The number of ketones is 2. The summed E-state index contributed by atoms with van der Waals surface area (Å²) in [7, 11) is 2.14. The van der Waals surface area contributed by atoms with Crippen LogP contribution in [0, 0.1) is 12.8 Å². The smallest absolute Gasteiger partial charge is 0.246 e. The van der Waals surface area contributed by atoms with Crippen molar-refractivity contribution in [1.29, 1.82) is 0 Å². The van der Waals surface area contributed by atoms with E-state index in [1.54, 1.807) is 18.2 Å². The van der Waals surface area contributed by atoms with Gasteiger partial charge in [-0.25, -0.2) is 4.99 Å². The van der Waals surface area contributed by atoms with Crippen LogP contribution in [0.15, 0.2) is 65.6 Å². The molecule has 0 amide bonds. The normalized spacial score (nSPS) is 21.8. The zero-order valence-electron chi connectivity index (χ0n) is 20.1. The van der Waals surface area contributed by atoms with Crippen molar-refractivity contribution in [2.45, 2.75) is 6.92 Å². The van der Waals surface area contributed by atoms with Crippen molar-refractivity contribution in [3.05, 3.63) is 82.3 Å². The molecule has 35 heavy (non-hydrogen) atoms. The second-order valence-electron chi connectivity index (χ2n) is 9.72. The van der Waals surface area contributed by atoms with Gasteiger partial charge in [0, 0.05) is 73.8 Å². The summed E-state index contributed by atoms with van der Waals surface area (Å²) in [5.74, 6) is 0.389. The number of carbonyl (C=O) groups excluding carboxylic acids is 2. The maximum Gasteiger partial charge on any atom is 0.246 e. The lowest BCUT2D eigenvalue weighted by Crippen LogP contribution is -2.72. The molecule has 0 spiro atoms. The van der Waals surface area contributed by atoms with Crippen molar-refractivity contribution in [2.75, 3.05) is 46.3 Å². The van der Waals surface area contributed by atoms with Gasteiger partial charge >= 0.3 is 0 Å². The second-order valence-corrected chi connectivity index (χ2v) is 9.72. The number of hydrogen-bond acceptors (Lipinski definition) is 6. The zero-order chi connectivity index (χ0) is 24.1. The predicted molar refractivity (Wildman–Crippen MR) is 133 cm³/mol. The summed E-state index contributed by atoms with van der Waals surface area (Å²) in [6, 6.07) is 13.0. The van der Waals surface area contributed by atoms with Gasteiger partial charge in [-0.05, 0) is 25.6 Å². The number of benzene rings is 2. The summed E-state index contributed by atoms with van der Waals surface area (Å²) in [6.45, 7) is 7.73. The van der Waals surface area contributed by atoms with Crippen molar-refractivity contribution in [3.8, 4) is 5.75 Å². The van der Waals surface area contributed by atoms with E-state index in [1.165, 1.54) is 0 Å². The van der Waals surface area contributed by atoms with Crippen LogP contribution in [0.4, 0.5) is 5.69 Å². The van der Waals surface area contributed by atoms with Crippen LogP contribution in [-0.2, 0) is 0 Å². The molecule has 0 saturated carbocycles. The van der Waals surface area contributed by atoms with E-state index in [9.17, 15) is 9.59 Å².